The van der Waals surface area contributed by atoms with Crippen molar-refractivity contribution in [2.45, 2.75) is 57.2 Å². The summed E-state index contributed by atoms with van der Waals surface area (Å²) in [5.74, 6) is -1.73. The van der Waals surface area contributed by atoms with Crippen LogP contribution in [-0.4, -0.2) is 30.9 Å². The van der Waals surface area contributed by atoms with Gasteiger partial charge in [0.1, 0.15) is 7.11 Å². The van der Waals surface area contributed by atoms with Crippen LogP contribution in [0.3, 0.4) is 0 Å². The zero-order valence-corrected chi connectivity index (χ0v) is 12.1. The third kappa shape index (κ3) is 4.35. The SMILES string of the molecule is CO/N=C(\C1CC1)[C@@H](NC(=O)C(F)(F)F)C1CCCCC1. The van der Waals surface area contributed by atoms with E-state index in [4.69, 9.17) is 4.84 Å². The van der Waals surface area contributed by atoms with Crippen molar-refractivity contribution in [3.8, 4) is 0 Å². The zero-order valence-electron chi connectivity index (χ0n) is 12.1. The zero-order chi connectivity index (χ0) is 15.5. The van der Waals surface area contributed by atoms with Crippen LogP contribution in [0.1, 0.15) is 44.9 Å². The van der Waals surface area contributed by atoms with E-state index < -0.39 is 18.1 Å². The number of carbonyl (C=O) groups excluding carboxylic acids is 1. The lowest BCUT2D eigenvalue weighted by molar-refractivity contribution is -0.174. The van der Waals surface area contributed by atoms with Crippen LogP contribution >= 0.6 is 0 Å². The molecule has 2 saturated carbocycles. The minimum atomic E-state index is -4.87. The van der Waals surface area contributed by atoms with Gasteiger partial charge in [-0.25, -0.2) is 0 Å². The van der Waals surface area contributed by atoms with Crippen molar-refractivity contribution in [1.82, 2.24) is 5.32 Å². The second-order valence-corrected chi connectivity index (χ2v) is 5.82. The first-order valence-corrected chi connectivity index (χ1v) is 7.42. The molecule has 0 saturated heterocycles. The van der Waals surface area contributed by atoms with Gasteiger partial charge in [-0.3, -0.25) is 4.79 Å². The van der Waals surface area contributed by atoms with Gasteiger partial charge in [0.2, 0.25) is 0 Å². The molecule has 7 heteroatoms. The van der Waals surface area contributed by atoms with Crippen molar-refractivity contribution in [2.75, 3.05) is 7.11 Å². The van der Waals surface area contributed by atoms with Gasteiger partial charge in [0.05, 0.1) is 11.8 Å². The van der Waals surface area contributed by atoms with Crippen molar-refractivity contribution in [3.05, 3.63) is 0 Å². The normalized spacial score (nSPS) is 22.8. The first-order valence-electron chi connectivity index (χ1n) is 7.42. The van der Waals surface area contributed by atoms with Gasteiger partial charge in [-0.05, 0) is 31.6 Å². The molecule has 0 aliphatic heterocycles. The van der Waals surface area contributed by atoms with E-state index in [0.717, 1.165) is 44.9 Å². The molecule has 0 aromatic carbocycles. The number of nitrogens with zero attached hydrogens (tertiary/aromatic N) is 1. The van der Waals surface area contributed by atoms with Crippen LogP contribution < -0.4 is 5.32 Å². The molecular formula is C14H21F3N2O2. The second kappa shape index (κ2) is 6.66. The molecule has 0 bridgehead atoms. The van der Waals surface area contributed by atoms with Gasteiger partial charge in [0.15, 0.2) is 0 Å². The van der Waals surface area contributed by atoms with E-state index in [0.29, 0.717) is 5.71 Å². The third-order valence-corrected chi connectivity index (χ3v) is 4.18. The van der Waals surface area contributed by atoms with Crippen molar-refractivity contribution in [2.24, 2.45) is 17.0 Å². The summed E-state index contributed by atoms with van der Waals surface area (Å²) in [7, 11) is 1.38. The maximum atomic E-state index is 12.6. The summed E-state index contributed by atoms with van der Waals surface area (Å²) < 4.78 is 37.7. The Bertz CT molecular complexity index is 400. The van der Waals surface area contributed by atoms with E-state index in [-0.39, 0.29) is 11.8 Å². The van der Waals surface area contributed by atoms with E-state index in [9.17, 15) is 18.0 Å². The lowest BCUT2D eigenvalue weighted by atomic mass is 9.81. The van der Waals surface area contributed by atoms with Crippen molar-refractivity contribution in [1.29, 1.82) is 0 Å². The van der Waals surface area contributed by atoms with Gasteiger partial charge in [-0.1, -0.05) is 24.4 Å². The highest BCUT2D eigenvalue weighted by molar-refractivity contribution is 5.97. The molecule has 2 aliphatic rings. The summed E-state index contributed by atoms with van der Waals surface area (Å²) in [6, 6.07) is -0.660. The third-order valence-electron chi connectivity index (χ3n) is 4.18. The fourth-order valence-electron chi connectivity index (χ4n) is 2.99. The monoisotopic (exact) mass is 306 g/mol. The number of nitrogens with one attached hydrogen (secondary N) is 1. The molecule has 0 aromatic heterocycles. The first kappa shape index (κ1) is 16.1. The van der Waals surface area contributed by atoms with Gasteiger partial charge in [0, 0.05) is 5.92 Å². The Kier molecular flexibility index (Phi) is 5.11. The number of halogens is 3. The smallest absolute Gasteiger partial charge is 0.399 e. The van der Waals surface area contributed by atoms with Crippen LogP contribution in [0.5, 0.6) is 0 Å². The molecule has 1 N–H and O–H groups in total. The van der Waals surface area contributed by atoms with Crippen LogP contribution in [0.15, 0.2) is 5.16 Å². The maximum absolute atomic E-state index is 12.6. The topological polar surface area (TPSA) is 50.7 Å². The summed E-state index contributed by atoms with van der Waals surface area (Å²) >= 11 is 0. The molecule has 2 fully saturated rings. The lowest BCUT2D eigenvalue weighted by Gasteiger charge is -2.31. The quantitative estimate of drug-likeness (QED) is 0.627. The summed E-state index contributed by atoms with van der Waals surface area (Å²) in [5, 5.41) is 6.09. The molecule has 1 amide bonds. The van der Waals surface area contributed by atoms with Gasteiger partial charge in [0.25, 0.3) is 0 Å². The minimum Gasteiger partial charge on any atom is -0.399 e. The Morgan fingerprint density at radius 2 is 1.81 bits per heavy atom. The molecule has 0 heterocycles. The van der Waals surface area contributed by atoms with E-state index in [2.05, 4.69) is 10.5 Å². The molecule has 0 unspecified atom stereocenters. The Balaban J connectivity index is 2.16. The Labute approximate surface area is 122 Å². The predicted octanol–water partition coefficient (Wildman–Crippen LogP) is 3.03. The van der Waals surface area contributed by atoms with Crippen molar-refractivity contribution in [3.63, 3.8) is 0 Å². The van der Waals surface area contributed by atoms with E-state index in [1.807, 2.05) is 0 Å². The molecule has 2 aliphatic carbocycles. The van der Waals surface area contributed by atoms with Crippen LogP contribution in [0, 0.1) is 11.8 Å². The first-order chi connectivity index (χ1) is 9.93. The standard InChI is InChI=1S/C14H21F3N2O2/c1-21-19-12(10-7-8-10)11(9-5-3-2-4-6-9)18-13(20)14(15,16)17/h9-11H,2-8H2,1H3,(H,18,20)/b19-12+/t11-/m0/s1. The number of rotatable bonds is 5. The molecular weight excluding hydrogens is 285 g/mol. The molecule has 0 spiro atoms. The summed E-state index contributed by atoms with van der Waals surface area (Å²) in [6.45, 7) is 0. The summed E-state index contributed by atoms with van der Waals surface area (Å²) in [5.41, 5.74) is 0.571. The number of oxime groups is 1. The van der Waals surface area contributed by atoms with E-state index >= 15 is 0 Å². The van der Waals surface area contributed by atoms with Gasteiger partial charge in [-0.15, -0.1) is 0 Å². The lowest BCUT2D eigenvalue weighted by Crippen LogP contribution is -2.51. The van der Waals surface area contributed by atoms with Crippen LogP contribution in [0.25, 0.3) is 0 Å². The Morgan fingerprint density at radius 3 is 2.29 bits per heavy atom. The molecule has 1 atom stereocenters. The minimum absolute atomic E-state index is 0.0135. The Morgan fingerprint density at radius 1 is 1.19 bits per heavy atom. The fourth-order valence-corrected chi connectivity index (χ4v) is 2.99. The predicted molar refractivity (Wildman–Crippen MR) is 71.7 cm³/mol. The average Bonchev–Trinajstić information content (AvgIpc) is 3.27. The van der Waals surface area contributed by atoms with Crippen LogP contribution in [-0.2, 0) is 9.63 Å². The van der Waals surface area contributed by atoms with Crippen LogP contribution in [0.2, 0.25) is 0 Å². The number of alkyl halides is 3. The molecule has 120 valence electrons. The second-order valence-electron chi connectivity index (χ2n) is 5.82. The number of amides is 1. The van der Waals surface area contributed by atoms with Crippen LogP contribution in [0.4, 0.5) is 13.2 Å². The largest absolute Gasteiger partial charge is 0.471 e. The number of hydrogen-bond acceptors (Lipinski definition) is 3. The highest BCUT2D eigenvalue weighted by atomic mass is 19.4. The Hall–Kier alpha value is -1.27. The molecule has 0 radical (unpaired) electrons. The summed E-state index contributed by atoms with van der Waals surface area (Å²) in [6.07, 6.45) is 1.62. The highest BCUT2D eigenvalue weighted by Crippen LogP contribution is 2.36. The molecule has 4 nitrogen and oxygen atoms in total. The fraction of sp³-hybridized carbons (Fsp3) is 0.857. The van der Waals surface area contributed by atoms with E-state index in [1.54, 1.807) is 0 Å². The van der Waals surface area contributed by atoms with Crippen molar-refractivity contribution >= 4 is 11.6 Å². The van der Waals surface area contributed by atoms with Crippen molar-refractivity contribution < 1.29 is 22.8 Å². The van der Waals surface area contributed by atoms with Gasteiger partial charge >= 0.3 is 12.1 Å². The highest BCUT2D eigenvalue weighted by Gasteiger charge is 2.44. The maximum Gasteiger partial charge on any atom is 0.471 e. The van der Waals surface area contributed by atoms with Gasteiger partial charge in [-0.2, -0.15) is 13.2 Å². The summed E-state index contributed by atoms with van der Waals surface area (Å²) in [4.78, 5) is 16.1. The molecule has 0 aromatic rings. The average molecular weight is 306 g/mol. The molecule has 21 heavy (non-hydrogen) atoms. The molecule has 2 rings (SSSR count). The van der Waals surface area contributed by atoms with Gasteiger partial charge < -0.3 is 10.2 Å². The van der Waals surface area contributed by atoms with E-state index in [1.165, 1.54) is 7.11 Å². The number of hydrogen-bond donors (Lipinski definition) is 1. The number of carbonyl (C=O) groups is 1.